The second-order valence-electron chi connectivity index (χ2n) is 6.93. The average Bonchev–Trinajstić information content (AvgIpc) is 2.94. The van der Waals surface area contributed by atoms with Gasteiger partial charge in [0.25, 0.3) is 0 Å². The first-order valence-electron chi connectivity index (χ1n) is 9.13. The lowest BCUT2D eigenvalue weighted by atomic mass is 10.1. The molecule has 1 aliphatic heterocycles. The van der Waals surface area contributed by atoms with E-state index in [2.05, 4.69) is 64.7 Å². The van der Waals surface area contributed by atoms with Gasteiger partial charge < -0.3 is 4.90 Å². The van der Waals surface area contributed by atoms with Gasteiger partial charge in [-0.05, 0) is 55.3 Å². The maximum Gasteiger partial charge on any atom is 0.0619 e. The van der Waals surface area contributed by atoms with E-state index >= 15 is 0 Å². The van der Waals surface area contributed by atoms with Crippen LogP contribution in [0.3, 0.4) is 0 Å². The van der Waals surface area contributed by atoms with Crippen molar-refractivity contribution in [3.8, 4) is 12.0 Å². The molecule has 0 bridgehead atoms. The molecule has 1 aromatic carbocycles. The van der Waals surface area contributed by atoms with Gasteiger partial charge in [-0.1, -0.05) is 24.9 Å². The van der Waals surface area contributed by atoms with Gasteiger partial charge in [0.2, 0.25) is 0 Å². The summed E-state index contributed by atoms with van der Waals surface area (Å²) in [5, 5.41) is 1.99. The van der Waals surface area contributed by atoms with Crippen LogP contribution < -0.4 is 0 Å². The molecule has 0 saturated heterocycles. The topological polar surface area (TPSA) is 21.1 Å². The summed E-state index contributed by atoms with van der Waals surface area (Å²) in [5.74, 6) is 3.29. The van der Waals surface area contributed by atoms with Crippen molar-refractivity contribution in [3.63, 3.8) is 0 Å². The van der Waals surface area contributed by atoms with E-state index in [1.807, 2.05) is 12.3 Å². The zero-order valence-electron chi connectivity index (χ0n) is 15.2. The van der Waals surface area contributed by atoms with Crippen molar-refractivity contribution in [1.82, 2.24) is 14.5 Å². The highest BCUT2D eigenvalue weighted by Crippen LogP contribution is 2.31. The third-order valence-electron chi connectivity index (χ3n) is 4.94. The molecule has 0 amide bonds. The van der Waals surface area contributed by atoms with E-state index in [1.54, 1.807) is 0 Å². The molecule has 1 aliphatic rings. The van der Waals surface area contributed by atoms with Crippen LogP contribution >= 0.6 is 11.6 Å². The summed E-state index contributed by atoms with van der Waals surface area (Å²) in [6, 6.07) is 13.6. The number of likely N-dealkylation sites (N-methyl/N-ethyl adjacent to an activating group) is 1. The molecule has 0 unspecified atom stereocenters. The molecule has 4 heteroatoms. The summed E-state index contributed by atoms with van der Waals surface area (Å²) in [7, 11) is 2.16. The molecule has 26 heavy (non-hydrogen) atoms. The van der Waals surface area contributed by atoms with Crippen LogP contribution in [0.1, 0.15) is 35.9 Å². The molecular formula is C22H22ClN3. The Kier molecular flexibility index (Phi) is 4.72. The lowest BCUT2D eigenvalue weighted by molar-refractivity contribution is 0.311. The summed E-state index contributed by atoms with van der Waals surface area (Å²) in [6.07, 6.45) is 5.00. The van der Waals surface area contributed by atoms with Gasteiger partial charge in [-0.2, -0.15) is 0 Å². The normalized spacial score (nSPS) is 14.1. The highest BCUT2D eigenvalue weighted by molar-refractivity contribution is 6.31. The fraction of sp³-hybridized carbons (Fsp3) is 0.318. The van der Waals surface area contributed by atoms with E-state index in [0.717, 1.165) is 54.1 Å². The van der Waals surface area contributed by atoms with Gasteiger partial charge >= 0.3 is 0 Å². The number of nitrogens with zero attached hydrogens (tertiary/aromatic N) is 3. The number of pyridine rings is 1. The molecule has 0 radical (unpaired) electrons. The molecule has 3 nitrogen and oxygen atoms in total. The Balaban J connectivity index is 1.78. The van der Waals surface area contributed by atoms with Crippen molar-refractivity contribution in [3.05, 3.63) is 64.1 Å². The molecule has 0 fully saturated rings. The Morgan fingerprint density at radius 1 is 1.23 bits per heavy atom. The van der Waals surface area contributed by atoms with Crippen molar-refractivity contribution in [2.75, 3.05) is 13.6 Å². The van der Waals surface area contributed by atoms with Gasteiger partial charge in [-0.15, -0.1) is 0 Å². The summed E-state index contributed by atoms with van der Waals surface area (Å²) < 4.78 is 2.15. The summed E-state index contributed by atoms with van der Waals surface area (Å²) >= 11 is 6.25. The SMILES string of the molecule is CCCc1ccc(C#Cn2c3c(c4cc(Cl)ccc42)CN(C)CC3)cn1. The first-order valence-corrected chi connectivity index (χ1v) is 9.50. The fourth-order valence-electron chi connectivity index (χ4n) is 3.62. The van der Waals surface area contributed by atoms with Gasteiger partial charge in [-0.25, -0.2) is 0 Å². The molecule has 4 rings (SSSR count). The number of fused-ring (bicyclic) bond motifs is 3. The zero-order valence-corrected chi connectivity index (χ0v) is 16.0. The predicted octanol–water partition coefficient (Wildman–Crippen LogP) is 4.49. The van der Waals surface area contributed by atoms with E-state index < -0.39 is 0 Å². The lowest BCUT2D eigenvalue weighted by Crippen LogP contribution is -2.27. The largest absolute Gasteiger partial charge is 0.302 e. The molecule has 0 atom stereocenters. The Labute approximate surface area is 159 Å². The smallest absolute Gasteiger partial charge is 0.0619 e. The van der Waals surface area contributed by atoms with E-state index in [9.17, 15) is 0 Å². The van der Waals surface area contributed by atoms with Crippen LogP contribution in [0.5, 0.6) is 0 Å². The molecular weight excluding hydrogens is 342 g/mol. The molecule has 0 aliphatic carbocycles. The Morgan fingerprint density at radius 3 is 2.88 bits per heavy atom. The maximum atomic E-state index is 6.25. The number of hydrogen-bond acceptors (Lipinski definition) is 2. The average molecular weight is 364 g/mol. The minimum absolute atomic E-state index is 0.773. The molecule has 0 spiro atoms. The van der Waals surface area contributed by atoms with Gasteiger partial charge in [0.1, 0.15) is 0 Å². The Hall–Kier alpha value is -2.28. The number of aromatic nitrogens is 2. The third kappa shape index (κ3) is 3.23. The summed E-state index contributed by atoms with van der Waals surface area (Å²) in [5.41, 5.74) is 5.87. The number of hydrogen-bond donors (Lipinski definition) is 0. The van der Waals surface area contributed by atoms with Crippen LogP contribution in [0.15, 0.2) is 36.5 Å². The van der Waals surface area contributed by atoms with Crippen molar-refractivity contribution in [1.29, 1.82) is 0 Å². The van der Waals surface area contributed by atoms with Gasteiger partial charge in [0.05, 0.1) is 5.52 Å². The van der Waals surface area contributed by atoms with Crippen molar-refractivity contribution in [2.24, 2.45) is 0 Å². The molecule has 3 aromatic rings. The molecule has 0 N–H and O–H groups in total. The predicted molar refractivity (Wildman–Crippen MR) is 107 cm³/mol. The summed E-state index contributed by atoms with van der Waals surface area (Å²) in [4.78, 5) is 6.85. The monoisotopic (exact) mass is 363 g/mol. The van der Waals surface area contributed by atoms with Crippen molar-refractivity contribution >= 4 is 22.5 Å². The second kappa shape index (κ2) is 7.15. The third-order valence-corrected chi connectivity index (χ3v) is 5.18. The molecule has 3 heterocycles. The van der Waals surface area contributed by atoms with E-state index in [0.29, 0.717) is 0 Å². The van der Waals surface area contributed by atoms with Gasteiger partial charge in [-0.3, -0.25) is 9.55 Å². The minimum Gasteiger partial charge on any atom is -0.302 e. The number of rotatable bonds is 2. The molecule has 132 valence electrons. The quantitative estimate of drug-likeness (QED) is 0.625. The number of halogens is 1. The van der Waals surface area contributed by atoms with Crippen molar-refractivity contribution < 1.29 is 0 Å². The van der Waals surface area contributed by atoms with Crippen LogP contribution in [0.25, 0.3) is 10.9 Å². The highest BCUT2D eigenvalue weighted by atomic mass is 35.5. The van der Waals surface area contributed by atoms with Crippen LogP contribution in [0, 0.1) is 12.0 Å². The van der Waals surface area contributed by atoms with Gasteiger partial charge in [0.15, 0.2) is 0 Å². The van der Waals surface area contributed by atoms with Crippen LogP contribution in [0.4, 0.5) is 0 Å². The second-order valence-corrected chi connectivity index (χ2v) is 7.37. The maximum absolute atomic E-state index is 6.25. The van der Waals surface area contributed by atoms with E-state index in [1.165, 1.54) is 16.6 Å². The van der Waals surface area contributed by atoms with Crippen molar-refractivity contribution in [2.45, 2.75) is 32.7 Å². The summed E-state index contributed by atoms with van der Waals surface area (Å²) in [6.45, 7) is 4.15. The Bertz CT molecular complexity index is 1010. The van der Waals surface area contributed by atoms with Crippen LogP contribution in [0.2, 0.25) is 5.02 Å². The highest BCUT2D eigenvalue weighted by Gasteiger charge is 2.22. The number of aryl methyl sites for hydroxylation is 1. The molecule has 0 saturated carbocycles. The lowest BCUT2D eigenvalue weighted by Gasteiger charge is -2.23. The Morgan fingerprint density at radius 2 is 2.12 bits per heavy atom. The van der Waals surface area contributed by atoms with Gasteiger partial charge in [0, 0.05) is 59.1 Å². The van der Waals surface area contributed by atoms with Crippen LogP contribution in [-0.2, 0) is 19.4 Å². The fourth-order valence-corrected chi connectivity index (χ4v) is 3.79. The zero-order chi connectivity index (χ0) is 18.1. The standard InChI is InChI=1S/C22H22ClN3/c1-3-4-18-7-5-16(14-24-18)9-12-26-21-8-6-17(23)13-19(21)20-15-25(2)11-10-22(20)26/h5-8,13-14H,3-4,10-11,15H2,1-2H3. The first kappa shape index (κ1) is 17.1. The first-order chi connectivity index (χ1) is 12.7. The number of benzene rings is 1. The molecule has 2 aromatic heterocycles. The van der Waals surface area contributed by atoms with Crippen LogP contribution in [-0.4, -0.2) is 28.0 Å². The van der Waals surface area contributed by atoms with E-state index in [4.69, 9.17) is 11.6 Å². The van der Waals surface area contributed by atoms with E-state index in [-0.39, 0.29) is 0 Å². The minimum atomic E-state index is 0.773.